The second-order valence-corrected chi connectivity index (χ2v) is 4.77. The SMILES string of the molecule is CCc1ccccc1N(C)c1cc(NC(F)F)c([N-]C)cn1.[W]. The van der Waals surface area contributed by atoms with E-state index < -0.39 is 6.55 Å². The number of halogens is 2. The second kappa shape index (κ2) is 8.82. The molecule has 124 valence electrons. The molecule has 2 rings (SSSR count). The number of nitrogens with one attached hydrogen (secondary N) is 1. The number of para-hydroxylation sites is 1. The molecule has 0 aliphatic carbocycles. The number of aryl methyl sites for hydroxylation is 1. The van der Waals surface area contributed by atoms with Crippen LogP contribution >= 0.6 is 0 Å². The van der Waals surface area contributed by atoms with Crippen molar-refractivity contribution in [2.75, 3.05) is 24.3 Å². The summed E-state index contributed by atoms with van der Waals surface area (Å²) in [6.45, 7) is -0.577. The number of rotatable bonds is 6. The average Bonchev–Trinajstić information content (AvgIpc) is 2.53. The number of hydrogen-bond acceptors (Lipinski definition) is 3. The van der Waals surface area contributed by atoms with Gasteiger partial charge in [0.1, 0.15) is 5.82 Å². The fourth-order valence-corrected chi connectivity index (χ4v) is 2.29. The molecule has 0 aliphatic heterocycles. The van der Waals surface area contributed by atoms with Crippen LogP contribution in [0.25, 0.3) is 5.32 Å². The van der Waals surface area contributed by atoms with Gasteiger partial charge in [0.25, 0.3) is 0 Å². The van der Waals surface area contributed by atoms with Crippen LogP contribution in [0.3, 0.4) is 0 Å². The summed E-state index contributed by atoms with van der Waals surface area (Å²) in [4.78, 5) is 6.20. The smallest absolute Gasteiger partial charge is 0.312 e. The fourth-order valence-electron chi connectivity index (χ4n) is 2.29. The van der Waals surface area contributed by atoms with Gasteiger partial charge in [-0.3, -0.25) is 0 Å². The molecular formula is C16H19F2N4W-. The summed E-state index contributed by atoms with van der Waals surface area (Å²) in [5.74, 6) is 0.580. The van der Waals surface area contributed by atoms with Crippen molar-refractivity contribution in [3.8, 4) is 0 Å². The van der Waals surface area contributed by atoms with Gasteiger partial charge in [-0.15, -0.1) is 7.05 Å². The van der Waals surface area contributed by atoms with Crippen molar-refractivity contribution in [3.05, 3.63) is 47.4 Å². The average molecular weight is 489 g/mol. The molecule has 1 heterocycles. The Hall–Kier alpha value is -1.68. The predicted octanol–water partition coefficient (Wildman–Crippen LogP) is 4.68. The number of benzene rings is 1. The molecule has 0 radical (unpaired) electrons. The van der Waals surface area contributed by atoms with Gasteiger partial charge in [0, 0.05) is 51.8 Å². The van der Waals surface area contributed by atoms with Crippen LogP contribution in [0.1, 0.15) is 12.5 Å². The van der Waals surface area contributed by atoms with Gasteiger partial charge in [0.15, 0.2) is 0 Å². The summed E-state index contributed by atoms with van der Waals surface area (Å²) in [7, 11) is 3.41. The molecule has 0 bridgehead atoms. The van der Waals surface area contributed by atoms with Crippen LogP contribution in [0.15, 0.2) is 36.5 Å². The Morgan fingerprint density at radius 1 is 1.30 bits per heavy atom. The number of aromatic nitrogens is 1. The normalized spacial score (nSPS) is 10.2. The summed E-state index contributed by atoms with van der Waals surface area (Å²) in [5.41, 5.74) is 2.84. The van der Waals surface area contributed by atoms with Gasteiger partial charge in [-0.1, -0.05) is 30.8 Å². The van der Waals surface area contributed by atoms with Crippen LogP contribution in [-0.4, -0.2) is 25.6 Å². The first-order chi connectivity index (χ1) is 10.6. The molecule has 0 spiro atoms. The largest absolute Gasteiger partial charge is 0.684 e. The molecule has 0 unspecified atom stereocenters. The first-order valence-corrected chi connectivity index (χ1v) is 7.03. The molecule has 0 fully saturated rings. The Bertz CT molecular complexity index is 637. The minimum atomic E-state index is -2.65. The standard InChI is InChI=1S/C16H19F2N4.W/c1-4-11-7-5-6-8-14(11)22(3)15-9-12(21-16(17)18)13(19-2)10-20-15;/h5-10,16H,4H2,1-3H3,(H,20,21);/q-1;. The monoisotopic (exact) mass is 489 g/mol. The fraction of sp³-hybridized carbons (Fsp3) is 0.312. The van der Waals surface area contributed by atoms with Crippen LogP contribution in [0.4, 0.5) is 31.7 Å². The van der Waals surface area contributed by atoms with E-state index in [9.17, 15) is 8.78 Å². The molecule has 2 aromatic rings. The van der Waals surface area contributed by atoms with Crippen molar-refractivity contribution in [2.45, 2.75) is 19.9 Å². The van der Waals surface area contributed by atoms with E-state index in [4.69, 9.17) is 0 Å². The van der Waals surface area contributed by atoms with Gasteiger partial charge >= 0.3 is 6.55 Å². The van der Waals surface area contributed by atoms with Crippen LogP contribution in [0.2, 0.25) is 0 Å². The molecule has 0 atom stereocenters. The Morgan fingerprint density at radius 2 is 2.00 bits per heavy atom. The van der Waals surface area contributed by atoms with E-state index in [0.29, 0.717) is 11.5 Å². The van der Waals surface area contributed by atoms with E-state index in [0.717, 1.165) is 12.1 Å². The zero-order chi connectivity index (χ0) is 16.1. The number of anilines is 3. The Balaban J connectivity index is 0.00000264. The molecule has 1 N–H and O–H groups in total. The minimum absolute atomic E-state index is 0. The van der Waals surface area contributed by atoms with E-state index >= 15 is 0 Å². The van der Waals surface area contributed by atoms with E-state index in [1.165, 1.54) is 11.8 Å². The van der Waals surface area contributed by atoms with Gasteiger partial charge in [-0.25, -0.2) is 4.98 Å². The number of pyridine rings is 1. The van der Waals surface area contributed by atoms with Gasteiger partial charge in [-0.05, 0) is 18.1 Å². The van der Waals surface area contributed by atoms with Gasteiger partial charge in [0.05, 0.1) is 0 Å². The van der Waals surface area contributed by atoms with E-state index in [1.807, 2.05) is 36.2 Å². The summed E-state index contributed by atoms with van der Waals surface area (Å²) in [6.07, 6.45) is 2.37. The number of hydrogen-bond donors (Lipinski definition) is 1. The molecule has 0 amide bonds. The van der Waals surface area contributed by atoms with Crippen molar-refractivity contribution in [1.82, 2.24) is 4.98 Å². The number of alkyl halides is 2. The summed E-state index contributed by atoms with van der Waals surface area (Å²) in [5, 5.41) is 6.06. The third kappa shape index (κ3) is 4.64. The molecule has 0 saturated carbocycles. The molecule has 1 aromatic heterocycles. The first-order valence-electron chi connectivity index (χ1n) is 7.03. The molecular weight excluding hydrogens is 470 g/mol. The Morgan fingerprint density at radius 3 is 2.61 bits per heavy atom. The van der Waals surface area contributed by atoms with Crippen molar-refractivity contribution in [2.24, 2.45) is 0 Å². The maximum atomic E-state index is 12.6. The number of nitrogens with zero attached hydrogens (tertiary/aromatic N) is 3. The van der Waals surface area contributed by atoms with Crippen molar-refractivity contribution >= 4 is 22.9 Å². The zero-order valence-electron chi connectivity index (χ0n) is 13.3. The third-order valence-corrected chi connectivity index (χ3v) is 3.45. The van der Waals surface area contributed by atoms with Crippen molar-refractivity contribution < 1.29 is 29.8 Å². The van der Waals surface area contributed by atoms with Crippen LogP contribution in [0, 0.1) is 0 Å². The molecule has 0 aliphatic rings. The summed E-state index contributed by atoms with van der Waals surface area (Å²) >= 11 is 0. The van der Waals surface area contributed by atoms with Crippen LogP contribution in [0.5, 0.6) is 0 Å². The van der Waals surface area contributed by atoms with E-state index in [-0.39, 0.29) is 26.8 Å². The molecule has 7 heteroatoms. The van der Waals surface area contributed by atoms with Crippen LogP contribution < -0.4 is 10.2 Å². The molecule has 0 saturated heterocycles. The molecule has 4 nitrogen and oxygen atoms in total. The maximum Gasteiger partial charge on any atom is 0.312 e. The first kappa shape index (κ1) is 19.4. The second-order valence-electron chi connectivity index (χ2n) is 4.77. The quantitative estimate of drug-likeness (QED) is 0.600. The van der Waals surface area contributed by atoms with Gasteiger partial charge < -0.3 is 15.5 Å². The van der Waals surface area contributed by atoms with Gasteiger partial charge in [-0.2, -0.15) is 8.78 Å². The van der Waals surface area contributed by atoms with E-state index in [2.05, 4.69) is 22.5 Å². The summed E-state index contributed by atoms with van der Waals surface area (Å²) in [6, 6.07) is 9.53. The Labute approximate surface area is 149 Å². The third-order valence-electron chi connectivity index (χ3n) is 3.45. The zero-order valence-corrected chi connectivity index (χ0v) is 16.2. The maximum absolute atomic E-state index is 12.6. The predicted molar refractivity (Wildman–Crippen MR) is 86.7 cm³/mol. The topological polar surface area (TPSA) is 42.3 Å². The van der Waals surface area contributed by atoms with Crippen molar-refractivity contribution in [1.29, 1.82) is 0 Å². The Kier molecular flexibility index (Phi) is 7.43. The minimum Gasteiger partial charge on any atom is -0.684 e. The van der Waals surface area contributed by atoms with Crippen molar-refractivity contribution in [3.63, 3.8) is 0 Å². The molecule has 23 heavy (non-hydrogen) atoms. The molecule has 1 aromatic carbocycles. The van der Waals surface area contributed by atoms with Crippen LogP contribution in [-0.2, 0) is 27.5 Å². The summed E-state index contributed by atoms with van der Waals surface area (Å²) < 4.78 is 25.2. The van der Waals surface area contributed by atoms with E-state index in [1.54, 1.807) is 13.1 Å². The van der Waals surface area contributed by atoms with Gasteiger partial charge in [0.2, 0.25) is 0 Å².